The molecule has 10 aromatic rings. The maximum atomic E-state index is 5.19. The minimum atomic E-state index is 1.01. The van der Waals surface area contributed by atoms with Gasteiger partial charge in [-0.1, -0.05) is 109 Å². The first kappa shape index (κ1) is 24.0. The van der Waals surface area contributed by atoms with Crippen LogP contribution in [0.2, 0.25) is 0 Å². The van der Waals surface area contributed by atoms with Gasteiger partial charge in [0.1, 0.15) is 5.65 Å². The predicted molar refractivity (Wildman–Crippen MR) is 189 cm³/mol. The van der Waals surface area contributed by atoms with Gasteiger partial charge < -0.3 is 0 Å². The summed E-state index contributed by atoms with van der Waals surface area (Å²) in [7, 11) is 0. The number of nitrogens with zero attached hydrogens (tertiary/aromatic N) is 2. The second-order valence-electron chi connectivity index (χ2n) is 11.6. The average Bonchev–Trinajstić information content (AvgIpc) is 3.66. The van der Waals surface area contributed by atoms with Crippen molar-refractivity contribution < 1.29 is 0 Å². The molecule has 0 bridgehead atoms. The van der Waals surface area contributed by atoms with Crippen LogP contribution in [0.3, 0.4) is 0 Å². The van der Waals surface area contributed by atoms with E-state index in [1.807, 2.05) is 11.3 Å². The van der Waals surface area contributed by atoms with E-state index in [2.05, 4.69) is 150 Å². The number of aromatic nitrogens is 2. The zero-order valence-corrected chi connectivity index (χ0v) is 24.5. The Morgan fingerprint density at radius 1 is 0.432 bits per heavy atom. The number of benzene rings is 7. The second-order valence-corrected chi connectivity index (χ2v) is 12.7. The van der Waals surface area contributed by atoms with Gasteiger partial charge in [-0.05, 0) is 74.8 Å². The fourth-order valence-corrected chi connectivity index (χ4v) is 8.15. The molecule has 0 saturated heterocycles. The molecule has 0 radical (unpaired) electrons. The van der Waals surface area contributed by atoms with Crippen molar-refractivity contribution in [2.75, 3.05) is 0 Å². The number of fused-ring (bicyclic) bond motifs is 13. The van der Waals surface area contributed by atoms with Gasteiger partial charge in [0.15, 0.2) is 0 Å². The van der Waals surface area contributed by atoms with E-state index in [4.69, 9.17) is 4.98 Å². The van der Waals surface area contributed by atoms with Crippen molar-refractivity contribution in [3.63, 3.8) is 0 Å². The Hall–Kier alpha value is -5.51. The molecule has 0 fully saturated rings. The number of pyridine rings is 1. The predicted octanol–water partition coefficient (Wildman–Crippen LogP) is 11.6. The van der Waals surface area contributed by atoms with E-state index in [0.29, 0.717) is 0 Å². The normalized spacial score (nSPS) is 12.1. The Labute approximate surface area is 257 Å². The summed E-state index contributed by atoms with van der Waals surface area (Å²) < 4.78 is 5.03. The Morgan fingerprint density at radius 2 is 1.09 bits per heavy atom. The maximum Gasteiger partial charge on any atom is 0.147 e. The Morgan fingerprint density at radius 3 is 1.98 bits per heavy atom. The highest BCUT2D eigenvalue weighted by Gasteiger charge is 2.16. The van der Waals surface area contributed by atoms with Gasteiger partial charge in [0.05, 0.1) is 16.6 Å². The van der Waals surface area contributed by atoms with Crippen LogP contribution in [-0.2, 0) is 0 Å². The fraction of sp³-hybridized carbons (Fsp3) is 0. The summed E-state index contributed by atoms with van der Waals surface area (Å²) in [6.45, 7) is 0. The highest BCUT2D eigenvalue weighted by molar-refractivity contribution is 7.25. The third-order valence-corrected chi connectivity index (χ3v) is 10.3. The summed E-state index contributed by atoms with van der Waals surface area (Å²) in [6, 6.07) is 53.1. The minimum Gasteiger partial charge on any atom is -0.292 e. The molecule has 7 aromatic carbocycles. The van der Waals surface area contributed by atoms with E-state index in [1.54, 1.807) is 0 Å². The van der Waals surface area contributed by atoms with Crippen LogP contribution in [-0.4, -0.2) is 9.38 Å². The highest BCUT2D eigenvalue weighted by Crippen LogP contribution is 2.39. The summed E-state index contributed by atoms with van der Waals surface area (Å²) >= 11 is 1.86. The molecular weight excluding hydrogens is 553 g/mol. The molecule has 0 aliphatic rings. The molecule has 10 rings (SSSR count). The van der Waals surface area contributed by atoms with Gasteiger partial charge in [-0.15, -0.1) is 11.3 Å². The van der Waals surface area contributed by atoms with Crippen LogP contribution in [0.25, 0.3) is 91.6 Å². The molecule has 0 spiro atoms. The lowest BCUT2D eigenvalue weighted by atomic mass is 9.96. The smallest absolute Gasteiger partial charge is 0.147 e. The van der Waals surface area contributed by atoms with E-state index >= 15 is 0 Å². The molecule has 204 valence electrons. The Balaban J connectivity index is 1.16. The maximum absolute atomic E-state index is 5.19. The quantitative estimate of drug-likeness (QED) is 0.187. The van der Waals surface area contributed by atoms with Crippen molar-refractivity contribution in [1.82, 2.24) is 9.38 Å². The lowest BCUT2D eigenvalue weighted by molar-refractivity contribution is 1.32. The molecule has 0 atom stereocenters. The molecule has 0 N–H and O–H groups in total. The molecule has 0 unspecified atom stereocenters. The van der Waals surface area contributed by atoms with Gasteiger partial charge in [0.2, 0.25) is 0 Å². The highest BCUT2D eigenvalue weighted by atomic mass is 32.1. The van der Waals surface area contributed by atoms with Crippen LogP contribution in [0.1, 0.15) is 0 Å². The van der Waals surface area contributed by atoms with Gasteiger partial charge in [-0.25, -0.2) is 4.98 Å². The molecule has 0 aliphatic carbocycles. The average molecular weight is 577 g/mol. The van der Waals surface area contributed by atoms with Crippen molar-refractivity contribution in [1.29, 1.82) is 0 Å². The molecular formula is C41H24N2S. The summed E-state index contributed by atoms with van der Waals surface area (Å²) in [4.78, 5) is 5.19. The summed E-state index contributed by atoms with van der Waals surface area (Å²) in [6.07, 6.45) is 0. The van der Waals surface area contributed by atoms with Crippen LogP contribution in [0, 0.1) is 0 Å². The van der Waals surface area contributed by atoms with Crippen molar-refractivity contribution in [2.24, 2.45) is 0 Å². The molecule has 0 saturated carbocycles. The SMILES string of the molecule is c1ccc2c(c1)ccc1c3ccc(-c4ccc(-c5ccc6sc7ccccc7c6c5)cc4)cc3n3c4ccccc4nc3c21. The standard InChI is InChI=1S/C41H24N2S/c1-2-8-30-27(7-1)17-21-33-31-20-18-29(24-37(31)43-36-11-5-4-10-35(36)42-41(43)40(30)33)26-15-13-25(14-16-26)28-19-22-39-34(23-28)32-9-3-6-12-38(32)44-39/h1-24H. The summed E-state index contributed by atoms with van der Waals surface area (Å²) in [5.74, 6) is 0. The van der Waals surface area contributed by atoms with Gasteiger partial charge in [0.25, 0.3) is 0 Å². The van der Waals surface area contributed by atoms with E-state index in [0.717, 1.165) is 16.7 Å². The van der Waals surface area contributed by atoms with Crippen LogP contribution in [0.4, 0.5) is 0 Å². The number of rotatable bonds is 2. The van der Waals surface area contributed by atoms with Gasteiger partial charge in [0, 0.05) is 30.9 Å². The van der Waals surface area contributed by atoms with Crippen LogP contribution < -0.4 is 0 Å². The van der Waals surface area contributed by atoms with Crippen molar-refractivity contribution in [3.8, 4) is 22.3 Å². The number of imidazole rings is 1. The topological polar surface area (TPSA) is 17.3 Å². The monoisotopic (exact) mass is 576 g/mol. The van der Waals surface area contributed by atoms with E-state index in [9.17, 15) is 0 Å². The lowest BCUT2D eigenvalue weighted by Gasteiger charge is -2.13. The third kappa shape index (κ3) is 3.39. The molecule has 3 aromatic heterocycles. The van der Waals surface area contributed by atoms with Gasteiger partial charge in [-0.3, -0.25) is 4.40 Å². The first-order chi connectivity index (χ1) is 21.8. The van der Waals surface area contributed by atoms with Crippen molar-refractivity contribution in [3.05, 3.63) is 146 Å². The van der Waals surface area contributed by atoms with Crippen molar-refractivity contribution in [2.45, 2.75) is 0 Å². The molecule has 0 amide bonds. The zero-order chi connectivity index (χ0) is 28.8. The number of para-hydroxylation sites is 2. The largest absolute Gasteiger partial charge is 0.292 e. The first-order valence-corrected chi connectivity index (χ1v) is 15.8. The van der Waals surface area contributed by atoms with E-state index in [-0.39, 0.29) is 0 Å². The molecule has 0 aliphatic heterocycles. The van der Waals surface area contributed by atoms with E-state index < -0.39 is 0 Å². The van der Waals surface area contributed by atoms with Gasteiger partial charge in [-0.2, -0.15) is 0 Å². The Kier molecular flexibility index (Phi) is 4.90. The van der Waals surface area contributed by atoms with Crippen LogP contribution in [0.5, 0.6) is 0 Å². The number of hydrogen-bond donors (Lipinski definition) is 0. The second kappa shape index (κ2) is 9.00. The minimum absolute atomic E-state index is 1.01. The fourth-order valence-electron chi connectivity index (χ4n) is 7.06. The first-order valence-electron chi connectivity index (χ1n) is 15.0. The van der Waals surface area contributed by atoms with Crippen molar-refractivity contribution >= 4 is 80.6 Å². The molecule has 44 heavy (non-hydrogen) atoms. The molecule has 3 heterocycles. The van der Waals surface area contributed by atoms with Crippen LogP contribution in [0.15, 0.2) is 146 Å². The summed E-state index contributed by atoms with van der Waals surface area (Å²) in [5.41, 5.74) is 9.20. The lowest BCUT2D eigenvalue weighted by Crippen LogP contribution is -1.93. The number of hydrogen-bond acceptors (Lipinski definition) is 2. The summed E-state index contributed by atoms with van der Waals surface area (Å²) in [5, 5.41) is 8.81. The Bertz CT molecular complexity index is 2760. The van der Waals surface area contributed by atoms with Gasteiger partial charge >= 0.3 is 0 Å². The zero-order valence-electron chi connectivity index (χ0n) is 23.7. The van der Waals surface area contributed by atoms with E-state index in [1.165, 1.54) is 74.9 Å². The molecule has 2 nitrogen and oxygen atoms in total. The third-order valence-electron chi connectivity index (χ3n) is 9.17. The molecule has 3 heteroatoms. The van der Waals surface area contributed by atoms with Crippen LogP contribution >= 0.6 is 11.3 Å². The number of thiophene rings is 1.